The highest BCUT2D eigenvalue weighted by Crippen LogP contribution is 2.22. The van der Waals surface area contributed by atoms with Gasteiger partial charge in [0.05, 0.1) is 11.4 Å². The number of thiophene rings is 1. The average molecular weight is 305 g/mol. The molecule has 0 spiro atoms. The van der Waals surface area contributed by atoms with E-state index in [1.807, 2.05) is 11.3 Å². The van der Waals surface area contributed by atoms with E-state index in [4.69, 9.17) is 0 Å². The third-order valence-electron chi connectivity index (χ3n) is 3.64. The highest BCUT2D eigenvalue weighted by Gasteiger charge is 2.11. The minimum atomic E-state index is 0.862. The Morgan fingerprint density at radius 1 is 1.20 bits per heavy atom. The first-order valence-corrected chi connectivity index (χ1v) is 8.44. The predicted octanol–water partition coefficient (Wildman–Crippen LogP) is 3.98. The van der Waals surface area contributed by atoms with E-state index in [1.165, 1.54) is 26.7 Å². The first-order chi connectivity index (χ1) is 9.56. The average Bonchev–Trinajstić information content (AvgIpc) is 3.00. The van der Waals surface area contributed by atoms with Gasteiger partial charge in [0.15, 0.2) is 4.96 Å². The summed E-state index contributed by atoms with van der Waals surface area (Å²) in [5.41, 5.74) is 5.07. The van der Waals surface area contributed by atoms with E-state index < -0.39 is 0 Å². The van der Waals surface area contributed by atoms with Crippen molar-refractivity contribution in [2.75, 3.05) is 0 Å². The third-order valence-corrected chi connectivity index (χ3v) is 5.73. The standard InChI is InChI=1S/C15H19N3S2/c1-9-5-13(20-12(9)4)6-16-7-14-11(3)17-15-18(14)10(2)8-19-15/h5,8,16H,6-7H2,1-4H3. The molecule has 0 radical (unpaired) electrons. The van der Waals surface area contributed by atoms with Gasteiger partial charge < -0.3 is 5.32 Å². The highest BCUT2D eigenvalue weighted by atomic mass is 32.1. The van der Waals surface area contributed by atoms with Crippen molar-refractivity contribution in [2.24, 2.45) is 0 Å². The highest BCUT2D eigenvalue weighted by molar-refractivity contribution is 7.15. The second-order valence-corrected chi connectivity index (χ2v) is 7.37. The Kier molecular flexibility index (Phi) is 3.67. The fraction of sp³-hybridized carbons (Fsp3) is 0.400. The minimum absolute atomic E-state index is 0.862. The van der Waals surface area contributed by atoms with Gasteiger partial charge in [0.2, 0.25) is 0 Å². The summed E-state index contributed by atoms with van der Waals surface area (Å²) in [5, 5.41) is 5.71. The molecule has 1 N–H and O–H groups in total. The first-order valence-electron chi connectivity index (χ1n) is 6.75. The molecule has 0 aliphatic heterocycles. The van der Waals surface area contributed by atoms with Crippen LogP contribution in [0, 0.1) is 27.7 Å². The smallest absolute Gasteiger partial charge is 0.194 e. The number of fused-ring (bicyclic) bond motifs is 1. The van der Waals surface area contributed by atoms with Crippen molar-refractivity contribution < 1.29 is 0 Å². The lowest BCUT2D eigenvalue weighted by Crippen LogP contribution is -2.14. The second kappa shape index (κ2) is 5.31. The maximum absolute atomic E-state index is 4.62. The Balaban J connectivity index is 1.73. The summed E-state index contributed by atoms with van der Waals surface area (Å²) in [6, 6.07) is 2.28. The van der Waals surface area contributed by atoms with E-state index in [0.717, 1.165) is 23.7 Å². The molecular formula is C15H19N3S2. The van der Waals surface area contributed by atoms with Crippen LogP contribution in [0.15, 0.2) is 11.4 Å². The van der Waals surface area contributed by atoms with Crippen molar-refractivity contribution in [3.05, 3.63) is 43.8 Å². The van der Waals surface area contributed by atoms with Crippen molar-refractivity contribution in [3.63, 3.8) is 0 Å². The van der Waals surface area contributed by atoms with Gasteiger partial charge in [-0.3, -0.25) is 4.40 Å². The summed E-state index contributed by atoms with van der Waals surface area (Å²) in [5.74, 6) is 0. The molecule has 106 valence electrons. The van der Waals surface area contributed by atoms with E-state index >= 15 is 0 Å². The molecule has 0 aliphatic carbocycles. The summed E-state index contributed by atoms with van der Waals surface area (Å²) < 4.78 is 2.26. The zero-order valence-electron chi connectivity index (χ0n) is 12.3. The van der Waals surface area contributed by atoms with E-state index in [0.29, 0.717) is 0 Å². The molecule has 3 rings (SSSR count). The molecule has 0 saturated heterocycles. The van der Waals surface area contributed by atoms with Crippen LogP contribution in [0.5, 0.6) is 0 Å². The summed E-state index contributed by atoms with van der Waals surface area (Å²) in [4.78, 5) is 8.54. The molecule has 0 atom stereocenters. The molecule has 0 fully saturated rings. The molecule has 3 aromatic rings. The van der Waals surface area contributed by atoms with E-state index in [1.54, 1.807) is 11.3 Å². The van der Waals surface area contributed by atoms with Gasteiger partial charge in [0.25, 0.3) is 0 Å². The lowest BCUT2D eigenvalue weighted by molar-refractivity contribution is 0.677. The van der Waals surface area contributed by atoms with Crippen LogP contribution in [0.2, 0.25) is 0 Å². The van der Waals surface area contributed by atoms with Crippen LogP contribution in [0.1, 0.15) is 32.4 Å². The van der Waals surface area contributed by atoms with Crippen LogP contribution in [0.4, 0.5) is 0 Å². The van der Waals surface area contributed by atoms with Crippen molar-refractivity contribution >= 4 is 27.6 Å². The predicted molar refractivity (Wildman–Crippen MR) is 86.9 cm³/mol. The molecule has 3 nitrogen and oxygen atoms in total. The number of hydrogen-bond acceptors (Lipinski definition) is 4. The monoisotopic (exact) mass is 305 g/mol. The molecule has 20 heavy (non-hydrogen) atoms. The second-order valence-electron chi connectivity index (χ2n) is 5.19. The summed E-state index contributed by atoms with van der Waals surface area (Å²) in [7, 11) is 0. The molecule has 3 aromatic heterocycles. The van der Waals surface area contributed by atoms with Gasteiger partial charge in [-0.2, -0.15) is 0 Å². The first kappa shape index (κ1) is 13.8. The maximum atomic E-state index is 4.62. The van der Waals surface area contributed by atoms with Crippen molar-refractivity contribution in [3.8, 4) is 0 Å². The zero-order valence-corrected chi connectivity index (χ0v) is 13.9. The van der Waals surface area contributed by atoms with Crippen molar-refractivity contribution in [1.29, 1.82) is 0 Å². The third kappa shape index (κ3) is 2.41. The molecular weight excluding hydrogens is 286 g/mol. The van der Waals surface area contributed by atoms with Crippen LogP contribution in [0.3, 0.4) is 0 Å². The fourth-order valence-electron chi connectivity index (χ4n) is 2.42. The van der Waals surface area contributed by atoms with E-state index in [2.05, 4.69) is 53.8 Å². The van der Waals surface area contributed by atoms with Crippen molar-refractivity contribution in [1.82, 2.24) is 14.7 Å². The Bertz CT molecular complexity index is 729. The number of nitrogens with zero attached hydrogens (tertiary/aromatic N) is 2. The van der Waals surface area contributed by atoms with Gasteiger partial charge in [0, 0.05) is 33.9 Å². The molecule has 0 aliphatic rings. The molecule has 0 aromatic carbocycles. The van der Waals surface area contributed by atoms with E-state index in [-0.39, 0.29) is 0 Å². The molecule has 0 amide bonds. The quantitative estimate of drug-likeness (QED) is 0.790. The molecule has 0 saturated carbocycles. The number of imidazole rings is 1. The lowest BCUT2D eigenvalue weighted by atomic mass is 10.3. The van der Waals surface area contributed by atoms with Crippen LogP contribution in [0.25, 0.3) is 4.96 Å². The summed E-state index contributed by atoms with van der Waals surface area (Å²) in [6.45, 7) is 10.4. The summed E-state index contributed by atoms with van der Waals surface area (Å²) in [6.07, 6.45) is 0. The summed E-state index contributed by atoms with van der Waals surface area (Å²) >= 11 is 3.59. The van der Waals surface area contributed by atoms with Crippen LogP contribution in [-0.2, 0) is 13.1 Å². The Morgan fingerprint density at radius 3 is 2.70 bits per heavy atom. The Hall–Kier alpha value is -1.17. The minimum Gasteiger partial charge on any atom is -0.306 e. The van der Waals surface area contributed by atoms with Gasteiger partial charge in [-0.1, -0.05) is 0 Å². The Labute approximate surface area is 127 Å². The number of rotatable bonds is 4. The number of thiazole rings is 1. The molecule has 0 bridgehead atoms. The maximum Gasteiger partial charge on any atom is 0.194 e. The van der Waals surface area contributed by atoms with Crippen LogP contribution in [-0.4, -0.2) is 9.38 Å². The largest absolute Gasteiger partial charge is 0.306 e. The molecule has 0 unspecified atom stereocenters. The normalized spacial score (nSPS) is 11.6. The fourth-order valence-corrected chi connectivity index (χ4v) is 4.37. The lowest BCUT2D eigenvalue weighted by Gasteiger charge is -2.05. The van der Waals surface area contributed by atoms with Crippen LogP contribution < -0.4 is 5.32 Å². The number of aromatic nitrogens is 2. The van der Waals surface area contributed by atoms with Gasteiger partial charge in [-0.05, 0) is 39.3 Å². The SMILES string of the molecule is Cc1cc(CNCc2c(C)nc3scc(C)n23)sc1C. The molecule has 3 heterocycles. The Morgan fingerprint density at radius 2 is 2.00 bits per heavy atom. The number of nitrogens with one attached hydrogen (secondary N) is 1. The van der Waals surface area contributed by atoms with Crippen molar-refractivity contribution in [2.45, 2.75) is 40.8 Å². The van der Waals surface area contributed by atoms with Gasteiger partial charge >= 0.3 is 0 Å². The zero-order chi connectivity index (χ0) is 14.3. The van der Waals surface area contributed by atoms with Gasteiger partial charge in [-0.25, -0.2) is 4.98 Å². The molecule has 5 heteroatoms. The number of hydrogen-bond donors (Lipinski definition) is 1. The van der Waals surface area contributed by atoms with E-state index in [9.17, 15) is 0 Å². The van der Waals surface area contributed by atoms with Crippen LogP contribution >= 0.6 is 22.7 Å². The number of aryl methyl sites for hydroxylation is 4. The topological polar surface area (TPSA) is 29.3 Å². The van der Waals surface area contributed by atoms with Gasteiger partial charge in [0.1, 0.15) is 0 Å². The van der Waals surface area contributed by atoms with Gasteiger partial charge in [-0.15, -0.1) is 22.7 Å².